The van der Waals surface area contributed by atoms with Gasteiger partial charge in [-0.05, 0) is 135 Å². The molecule has 0 amide bonds. The largest absolute Gasteiger partial charge is 0.469 e. The molecule has 5 aliphatic carbocycles. The van der Waals surface area contributed by atoms with Crippen LogP contribution in [0, 0.1) is 51.2 Å². The molecule has 4 saturated carbocycles. The van der Waals surface area contributed by atoms with Crippen molar-refractivity contribution in [1.29, 1.82) is 0 Å². The maximum Gasteiger partial charge on any atom is 0.305 e. The van der Waals surface area contributed by atoms with Crippen LogP contribution in [0.15, 0.2) is 23.8 Å². The number of carbonyl (C=O) groups is 1. The molecule has 9 atom stereocenters. The third-order valence-corrected chi connectivity index (χ3v) is 18.4. The summed E-state index contributed by atoms with van der Waals surface area (Å²) in [4.78, 5) is 14.0. The summed E-state index contributed by atoms with van der Waals surface area (Å²) < 4.78 is 25.1. The standard InChI is InChI=1S/C42H72N2O4S/c1-30(2)32-17-21-42(43-24-25-44-26-28-49(46,47)29-27-44)23-22-40(6)33(37(32)42)14-15-35-39(5)19-16-31(12-10-9-11-13-36(45)48-8)38(3,4)34(39)18-20-41(35,40)7/h16,32-35,37,43,46-47H,1,9-15,17-29H2,2-8H3/t32-,33+,34-,35+,37+,39-,40+,41+,42-/m0/s1. The maximum absolute atomic E-state index is 11.6. The third kappa shape index (κ3) is 6.55. The predicted octanol–water partition coefficient (Wildman–Crippen LogP) is 9.71. The number of rotatable bonds is 11. The minimum absolute atomic E-state index is 0.0811. The van der Waals surface area contributed by atoms with E-state index in [4.69, 9.17) is 4.74 Å². The summed E-state index contributed by atoms with van der Waals surface area (Å²) in [6.45, 7) is 23.9. The van der Waals surface area contributed by atoms with E-state index < -0.39 is 10.6 Å². The minimum Gasteiger partial charge on any atom is -0.469 e. The number of methoxy groups -OCH3 is 1. The van der Waals surface area contributed by atoms with Crippen molar-refractivity contribution in [3.63, 3.8) is 0 Å². The van der Waals surface area contributed by atoms with Crippen molar-refractivity contribution in [2.24, 2.45) is 51.2 Å². The molecule has 1 heterocycles. The highest BCUT2D eigenvalue weighted by molar-refractivity contribution is 8.24. The molecule has 0 unspecified atom stereocenters. The third-order valence-electron chi connectivity index (χ3n) is 16.7. The van der Waals surface area contributed by atoms with E-state index in [-0.39, 0.29) is 16.9 Å². The Kier molecular flexibility index (Phi) is 10.7. The van der Waals surface area contributed by atoms with Crippen molar-refractivity contribution in [2.75, 3.05) is 44.8 Å². The Balaban J connectivity index is 1.18. The number of carbonyl (C=O) groups excluding carboxylic acids is 1. The van der Waals surface area contributed by atoms with Gasteiger partial charge in [0.1, 0.15) is 0 Å². The number of ether oxygens (including phenoxy) is 1. The first-order valence-corrected chi connectivity index (χ1v) is 22.0. The summed E-state index contributed by atoms with van der Waals surface area (Å²) in [5.74, 6) is 4.47. The van der Waals surface area contributed by atoms with Crippen LogP contribution in [0.25, 0.3) is 0 Å². The fourth-order valence-electron chi connectivity index (χ4n) is 13.9. The second-order valence-corrected chi connectivity index (χ2v) is 21.5. The van der Waals surface area contributed by atoms with Crippen molar-refractivity contribution in [3.05, 3.63) is 23.8 Å². The van der Waals surface area contributed by atoms with Gasteiger partial charge in [-0.1, -0.05) is 64.8 Å². The first-order chi connectivity index (χ1) is 23.0. The van der Waals surface area contributed by atoms with Crippen molar-refractivity contribution in [2.45, 2.75) is 137 Å². The maximum atomic E-state index is 11.6. The summed E-state index contributed by atoms with van der Waals surface area (Å²) in [6.07, 6.45) is 19.4. The van der Waals surface area contributed by atoms with E-state index in [1.54, 1.807) is 5.57 Å². The zero-order valence-electron chi connectivity index (χ0n) is 32.4. The summed E-state index contributed by atoms with van der Waals surface area (Å²) in [7, 11) is -0.858. The van der Waals surface area contributed by atoms with Crippen molar-refractivity contribution in [3.8, 4) is 0 Å². The SMILES string of the molecule is C=C(C)[C@@H]1CC[C@]2(NCCN3CCS(O)(O)CC3)CC[C@]3(C)[C@H](CC[C@@H]4[C@@]5(C)CC=C(CCCCCC(=O)OC)C(C)(C)[C@@H]5CC[C@]43C)[C@@H]12. The fraction of sp³-hybridized carbons (Fsp3) is 0.881. The molecular formula is C42H72N2O4S. The molecule has 0 aromatic heterocycles. The molecule has 5 fully saturated rings. The summed E-state index contributed by atoms with van der Waals surface area (Å²) >= 11 is 0. The van der Waals surface area contributed by atoms with Gasteiger partial charge in [-0.3, -0.25) is 18.8 Å². The van der Waals surface area contributed by atoms with Crippen LogP contribution in [0.5, 0.6) is 0 Å². The van der Waals surface area contributed by atoms with Crippen molar-refractivity contribution in [1.82, 2.24) is 10.2 Å². The Morgan fingerprint density at radius 1 is 0.959 bits per heavy atom. The van der Waals surface area contributed by atoms with E-state index in [1.165, 1.54) is 83.3 Å². The molecule has 0 radical (unpaired) electrons. The highest BCUT2D eigenvalue weighted by atomic mass is 32.3. The van der Waals surface area contributed by atoms with Gasteiger partial charge in [0.15, 0.2) is 0 Å². The van der Waals surface area contributed by atoms with Crippen LogP contribution in [0.2, 0.25) is 0 Å². The summed E-state index contributed by atoms with van der Waals surface area (Å²) in [6, 6.07) is 0. The van der Waals surface area contributed by atoms with Crippen LogP contribution in [0.3, 0.4) is 0 Å². The van der Waals surface area contributed by atoms with Gasteiger partial charge in [0.25, 0.3) is 0 Å². The molecule has 0 aromatic rings. The average molecular weight is 701 g/mol. The van der Waals surface area contributed by atoms with Gasteiger partial charge < -0.3 is 10.1 Å². The van der Waals surface area contributed by atoms with Crippen LogP contribution in [0.4, 0.5) is 0 Å². The fourth-order valence-corrected chi connectivity index (χ4v) is 15.2. The van der Waals surface area contributed by atoms with Gasteiger partial charge in [-0.15, -0.1) is 0 Å². The minimum atomic E-state index is -2.35. The zero-order chi connectivity index (χ0) is 35.5. The van der Waals surface area contributed by atoms with Gasteiger partial charge >= 0.3 is 5.97 Å². The molecule has 6 nitrogen and oxygen atoms in total. The molecule has 1 saturated heterocycles. The first kappa shape index (κ1) is 37.9. The Bertz CT molecular complexity index is 1270. The van der Waals surface area contributed by atoms with Gasteiger partial charge in [-0.2, -0.15) is 10.6 Å². The molecule has 0 aromatic carbocycles. The Morgan fingerprint density at radius 3 is 2.39 bits per heavy atom. The van der Waals surface area contributed by atoms with Crippen molar-refractivity contribution < 1.29 is 18.6 Å². The number of fused-ring (bicyclic) bond motifs is 7. The topological polar surface area (TPSA) is 82.0 Å². The molecule has 3 N–H and O–H groups in total. The molecular weight excluding hydrogens is 629 g/mol. The monoisotopic (exact) mass is 701 g/mol. The normalized spacial score (nSPS) is 43.3. The molecule has 6 rings (SSSR count). The van der Waals surface area contributed by atoms with Gasteiger partial charge in [0, 0.05) is 38.1 Å². The van der Waals surface area contributed by atoms with Gasteiger partial charge in [0.05, 0.1) is 18.6 Å². The van der Waals surface area contributed by atoms with Gasteiger partial charge in [-0.25, -0.2) is 0 Å². The Hall–Kier alpha value is -0.860. The highest BCUT2D eigenvalue weighted by Gasteiger charge is 2.70. The number of unbranched alkanes of at least 4 members (excludes halogenated alkanes) is 2. The smallest absolute Gasteiger partial charge is 0.305 e. The van der Waals surface area contributed by atoms with E-state index in [0.717, 1.165) is 56.8 Å². The van der Waals surface area contributed by atoms with E-state index >= 15 is 0 Å². The van der Waals surface area contributed by atoms with E-state index in [2.05, 4.69) is 64.4 Å². The second-order valence-electron chi connectivity index (χ2n) is 19.1. The Morgan fingerprint density at radius 2 is 1.69 bits per heavy atom. The summed E-state index contributed by atoms with van der Waals surface area (Å²) in [5, 5.41) is 4.25. The number of esters is 1. The predicted molar refractivity (Wildman–Crippen MR) is 205 cm³/mol. The van der Waals surface area contributed by atoms with Crippen LogP contribution < -0.4 is 5.32 Å². The quantitative estimate of drug-likeness (QED) is 0.113. The van der Waals surface area contributed by atoms with Crippen LogP contribution in [-0.4, -0.2) is 70.3 Å². The lowest BCUT2D eigenvalue weighted by Crippen LogP contribution is -2.68. The molecule has 6 aliphatic rings. The molecule has 1 aliphatic heterocycles. The highest BCUT2D eigenvalue weighted by Crippen LogP contribution is 2.76. The molecule has 49 heavy (non-hydrogen) atoms. The van der Waals surface area contributed by atoms with Crippen LogP contribution in [-0.2, 0) is 9.53 Å². The average Bonchev–Trinajstić information content (AvgIpc) is 3.43. The lowest BCUT2D eigenvalue weighted by molar-refractivity contribution is -0.221. The van der Waals surface area contributed by atoms with Gasteiger partial charge in [0.2, 0.25) is 0 Å². The van der Waals surface area contributed by atoms with E-state index in [0.29, 0.717) is 46.0 Å². The number of hydrogen-bond donors (Lipinski definition) is 3. The second kappa shape index (κ2) is 13.8. The Labute approximate surface area is 301 Å². The first-order valence-electron chi connectivity index (χ1n) is 20.2. The molecule has 280 valence electrons. The summed E-state index contributed by atoms with van der Waals surface area (Å²) in [5.41, 5.74) is 4.54. The van der Waals surface area contributed by atoms with E-state index in [1.807, 2.05) is 0 Å². The number of nitrogens with one attached hydrogen (secondary N) is 1. The molecule has 0 spiro atoms. The van der Waals surface area contributed by atoms with Crippen LogP contribution >= 0.6 is 10.6 Å². The number of hydrogen-bond acceptors (Lipinski definition) is 6. The van der Waals surface area contributed by atoms with Crippen LogP contribution in [0.1, 0.15) is 131 Å². The lowest BCUT2D eigenvalue weighted by Gasteiger charge is -2.72. The van der Waals surface area contributed by atoms with E-state index in [9.17, 15) is 13.9 Å². The number of allylic oxidation sites excluding steroid dienone is 3. The molecule has 0 bridgehead atoms. The lowest BCUT2D eigenvalue weighted by atomic mass is 9.33. The molecule has 7 heteroatoms. The zero-order valence-corrected chi connectivity index (χ0v) is 33.2. The van der Waals surface area contributed by atoms with Crippen molar-refractivity contribution >= 4 is 16.6 Å². The number of nitrogens with zero attached hydrogens (tertiary/aromatic N) is 1.